The van der Waals surface area contributed by atoms with Gasteiger partial charge in [0.1, 0.15) is 12.4 Å². The summed E-state index contributed by atoms with van der Waals surface area (Å²) in [6.45, 7) is 8.70. The zero-order chi connectivity index (χ0) is 15.1. The van der Waals surface area contributed by atoms with E-state index in [2.05, 4.69) is 36.6 Å². The predicted molar refractivity (Wildman–Crippen MR) is 83.6 cm³/mol. The summed E-state index contributed by atoms with van der Waals surface area (Å²) >= 11 is 0. The number of nitrogens with zero attached hydrogens (tertiary/aromatic N) is 1. The molecule has 1 aliphatic rings. The van der Waals surface area contributed by atoms with E-state index in [1.165, 1.54) is 11.1 Å². The van der Waals surface area contributed by atoms with Crippen LogP contribution in [0.2, 0.25) is 0 Å². The van der Waals surface area contributed by atoms with Gasteiger partial charge in [0.05, 0.1) is 6.54 Å². The summed E-state index contributed by atoms with van der Waals surface area (Å²) in [4.78, 5) is 13.2. The molecule has 5 heteroatoms. The molecule has 0 radical (unpaired) electrons. The summed E-state index contributed by atoms with van der Waals surface area (Å²) in [7, 11) is 0. The largest absolute Gasteiger partial charge is 0.491 e. The lowest BCUT2D eigenvalue weighted by Crippen LogP contribution is -2.32. The summed E-state index contributed by atoms with van der Waals surface area (Å²) in [5.74, 6) is 0.906. The minimum Gasteiger partial charge on any atom is -0.491 e. The van der Waals surface area contributed by atoms with E-state index in [1.807, 2.05) is 6.07 Å². The van der Waals surface area contributed by atoms with Gasteiger partial charge in [-0.3, -0.25) is 0 Å². The lowest BCUT2D eigenvalue weighted by atomic mass is 10.1. The first kappa shape index (κ1) is 15.6. The molecular weight excluding hydrogens is 266 g/mol. The molecule has 0 aromatic heterocycles. The smallest absolute Gasteiger partial charge is 0.317 e. The third-order valence-corrected chi connectivity index (χ3v) is 3.52. The molecular formula is C16H25N3O2. The fourth-order valence-electron chi connectivity index (χ4n) is 2.38. The van der Waals surface area contributed by atoms with E-state index in [-0.39, 0.29) is 6.03 Å². The molecule has 2 amide bonds. The van der Waals surface area contributed by atoms with Crippen LogP contribution in [0.1, 0.15) is 24.5 Å². The van der Waals surface area contributed by atoms with Gasteiger partial charge in [0.15, 0.2) is 0 Å². The highest BCUT2D eigenvalue weighted by molar-refractivity contribution is 5.76. The van der Waals surface area contributed by atoms with Gasteiger partial charge in [0.25, 0.3) is 0 Å². The van der Waals surface area contributed by atoms with Crippen molar-refractivity contribution in [1.29, 1.82) is 0 Å². The quantitative estimate of drug-likeness (QED) is 0.719. The highest BCUT2D eigenvalue weighted by atomic mass is 16.5. The molecule has 0 saturated carbocycles. The van der Waals surface area contributed by atoms with E-state index in [9.17, 15) is 4.79 Å². The summed E-state index contributed by atoms with van der Waals surface area (Å²) in [6.07, 6.45) is 1.12. The summed E-state index contributed by atoms with van der Waals surface area (Å²) in [5.41, 5.74) is 2.41. The van der Waals surface area contributed by atoms with Gasteiger partial charge >= 0.3 is 6.03 Å². The molecule has 1 aromatic carbocycles. The minimum absolute atomic E-state index is 0.00680. The number of nitrogens with one attached hydrogen (secondary N) is 2. The van der Waals surface area contributed by atoms with E-state index in [1.54, 1.807) is 4.90 Å². The number of hydrogen-bond donors (Lipinski definition) is 2. The van der Waals surface area contributed by atoms with Gasteiger partial charge in [0, 0.05) is 25.2 Å². The van der Waals surface area contributed by atoms with E-state index < -0.39 is 0 Å². The van der Waals surface area contributed by atoms with Crippen molar-refractivity contribution in [3.05, 3.63) is 29.3 Å². The lowest BCUT2D eigenvalue weighted by molar-refractivity contribution is 0.202. The Morgan fingerprint density at radius 3 is 3.00 bits per heavy atom. The number of rotatable bonds is 8. The average Bonchev–Trinajstić information content (AvgIpc) is 2.87. The number of hydrogen-bond acceptors (Lipinski definition) is 3. The van der Waals surface area contributed by atoms with Crippen LogP contribution >= 0.6 is 0 Å². The fourth-order valence-corrected chi connectivity index (χ4v) is 2.38. The molecule has 0 atom stereocenters. The van der Waals surface area contributed by atoms with Crippen LogP contribution < -0.4 is 15.4 Å². The third-order valence-electron chi connectivity index (χ3n) is 3.52. The Labute approximate surface area is 126 Å². The molecule has 1 fully saturated rings. The second kappa shape index (κ2) is 7.88. The highest BCUT2D eigenvalue weighted by Crippen LogP contribution is 2.20. The monoisotopic (exact) mass is 291 g/mol. The molecule has 1 heterocycles. The minimum atomic E-state index is 0.00680. The SMILES string of the molecule is CCCNCc1cc(C)ccc1OCCN1CCNC1=O. The van der Waals surface area contributed by atoms with Crippen LogP contribution in [0.25, 0.3) is 0 Å². The maximum absolute atomic E-state index is 11.5. The summed E-state index contributed by atoms with van der Waals surface area (Å²) in [5, 5.41) is 6.20. The van der Waals surface area contributed by atoms with Crippen LogP contribution in [0.4, 0.5) is 4.79 Å². The maximum Gasteiger partial charge on any atom is 0.317 e. The summed E-state index contributed by atoms with van der Waals surface area (Å²) in [6, 6.07) is 6.23. The Hall–Kier alpha value is -1.75. The van der Waals surface area contributed by atoms with Gasteiger partial charge in [-0.05, 0) is 26.0 Å². The predicted octanol–water partition coefficient (Wildman–Crippen LogP) is 1.90. The van der Waals surface area contributed by atoms with Gasteiger partial charge in [-0.25, -0.2) is 4.79 Å². The van der Waals surface area contributed by atoms with E-state index in [0.29, 0.717) is 13.2 Å². The van der Waals surface area contributed by atoms with Crippen molar-refractivity contribution in [2.75, 3.05) is 32.8 Å². The average molecular weight is 291 g/mol. The molecule has 116 valence electrons. The standard InChI is InChI=1S/C16H25N3O2/c1-3-6-17-12-14-11-13(2)4-5-15(14)21-10-9-19-8-7-18-16(19)20/h4-5,11,17H,3,6-10,12H2,1-2H3,(H,18,20). The number of aryl methyl sites for hydroxylation is 1. The van der Waals surface area contributed by atoms with Gasteiger partial charge in [-0.15, -0.1) is 0 Å². The highest BCUT2D eigenvalue weighted by Gasteiger charge is 2.18. The number of ether oxygens (including phenoxy) is 1. The Morgan fingerprint density at radius 2 is 2.29 bits per heavy atom. The topological polar surface area (TPSA) is 53.6 Å². The van der Waals surface area contributed by atoms with Gasteiger partial charge in [0.2, 0.25) is 0 Å². The van der Waals surface area contributed by atoms with Crippen LogP contribution in [0.3, 0.4) is 0 Å². The molecule has 1 saturated heterocycles. The van der Waals surface area contributed by atoms with Gasteiger partial charge in [-0.1, -0.05) is 24.6 Å². The van der Waals surface area contributed by atoms with Crippen molar-refractivity contribution in [2.45, 2.75) is 26.8 Å². The Kier molecular flexibility index (Phi) is 5.87. The van der Waals surface area contributed by atoms with E-state index in [0.717, 1.165) is 38.3 Å². The number of amides is 2. The van der Waals surface area contributed by atoms with Gasteiger partial charge < -0.3 is 20.3 Å². The van der Waals surface area contributed by atoms with Crippen LogP contribution in [-0.4, -0.2) is 43.7 Å². The lowest BCUT2D eigenvalue weighted by Gasteiger charge is -2.17. The molecule has 2 rings (SSSR count). The summed E-state index contributed by atoms with van der Waals surface area (Å²) < 4.78 is 5.87. The molecule has 1 aromatic rings. The van der Waals surface area contributed by atoms with Crippen LogP contribution in [0, 0.1) is 6.92 Å². The molecule has 0 bridgehead atoms. The van der Waals surface area contributed by atoms with Crippen LogP contribution in [0.15, 0.2) is 18.2 Å². The Balaban J connectivity index is 1.87. The van der Waals surface area contributed by atoms with Crippen molar-refractivity contribution < 1.29 is 9.53 Å². The normalized spacial score (nSPS) is 14.4. The fraction of sp³-hybridized carbons (Fsp3) is 0.562. The van der Waals surface area contributed by atoms with Crippen molar-refractivity contribution >= 4 is 6.03 Å². The zero-order valence-corrected chi connectivity index (χ0v) is 12.9. The van der Waals surface area contributed by atoms with Crippen molar-refractivity contribution in [1.82, 2.24) is 15.5 Å². The number of carbonyl (C=O) groups excluding carboxylic acids is 1. The van der Waals surface area contributed by atoms with Crippen molar-refractivity contribution in [3.63, 3.8) is 0 Å². The van der Waals surface area contributed by atoms with Crippen LogP contribution in [-0.2, 0) is 6.54 Å². The number of carbonyl (C=O) groups is 1. The van der Waals surface area contributed by atoms with Crippen LogP contribution in [0.5, 0.6) is 5.75 Å². The molecule has 0 spiro atoms. The van der Waals surface area contributed by atoms with Crippen molar-refractivity contribution in [3.8, 4) is 5.75 Å². The Morgan fingerprint density at radius 1 is 1.43 bits per heavy atom. The van der Waals surface area contributed by atoms with E-state index >= 15 is 0 Å². The number of benzene rings is 1. The second-order valence-corrected chi connectivity index (χ2v) is 5.36. The molecule has 1 aliphatic heterocycles. The maximum atomic E-state index is 11.5. The van der Waals surface area contributed by atoms with E-state index in [4.69, 9.17) is 4.74 Å². The molecule has 21 heavy (non-hydrogen) atoms. The van der Waals surface area contributed by atoms with Crippen molar-refractivity contribution in [2.24, 2.45) is 0 Å². The third kappa shape index (κ3) is 4.63. The molecule has 0 unspecified atom stereocenters. The molecule has 0 aliphatic carbocycles. The first-order chi connectivity index (χ1) is 10.2. The second-order valence-electron chi connectivity index (χ2n) is 5.36. The first-order valence-electron chi connectivity index (χ1n) is 7.66. The zero-order valence-electron chi connectivity index (χ0n) is 12.9. The first-order valence-corrected chi connectivity index (χ1v) is 7.66. The van der Waals surface area contributed by atoms with Gasteiger partial charge in [-0.2, -0.15) is 0 Å². The molecule has 5 nitrogen and oxygen atoms in total. The Bertz CT molecular complexity index is 477. The number of urea groups is 1. The molecule has 2 N–H and O–H groups in total.